The van der Waals surface area contributed by atoms with Crippen LogP contribution in [-0.4, -0.2) is 40.4 Å². The van der Waals surface area contributed by atoms with Crippen molar-refractivity contribution in [3.8, 4) is 0 Å². The van der Waals surface area contributed by atoms with Crippen LogP contribution in [0.5, 0.6) is 0 Å². The summed E-state index contributed by atoms with van der Waals surface area (Å²) in [6, 6.07) is 6.55. The van der Waals surface area contributed by atoms with Gasteiger partial charge in [0.1, 0.15) is 0 Å². The zero-order valence-corrected chi connectivity index (χ0v) is 14.7. The molecule has 2 atom stereocenters. The summed E-state index contributed by atoms with van der Waals surface area (Å²) in [4.78, 5) is 40.0. The number of nitrogens with zero attached hydrogens (tertiary/aromatic N) is 1. The first-order chi connectivity index (χ1) is 11.8. The van der Waals surface area contributed by atoms with Gasteiger partial charge in [-0.1, -0.05) is 31.7 Å². The number of rotatable bonds is 4. The lowest BCUT2D eigenvalue weighted by Gasteiger charge is -2.08. The Labute approximate surface area is 149 Å². The van der Waals surface area contributed by atoms with Crippen LogP contribution >= 0.6 is 11.8 Å². The molecule has 2 unspecified atom stereocenters. The molecule has 7 nitrogen and oxygen atoms in total. The summed E-state index contributed by atoms with van der Waals surface area (Å²) in [5.74, 6) is -2.01. The third-order valence-electron chi connectivity index (χ3n) is 4.57. The summed E-state index contributed by atoms with van der Waals surface area (Å²) in [6.45, 7) is 4.22. The summed E-state index contributed by atoms with van der Waals surface area (Å²) in [6.07, 6.45) is 0. The van der Waals surface area contributed by atoms with Crippen molar-refractivity contribution in [2.24, 2.45) is 22.2 Å². The van der Waals surface area contributed by atoms with E-state index >= 15 is 0 Å². The quantitative estimate of drug-likeness (QED) is 0.758. The molecular formula is C17H19N3O4S. The Morgan fingerprint density at radius 1 is 1.24 bits per heavy atom. The van der Waals surface area contributed by atoms with Crippen LogP contribution in [0.2, 0.25) is 0 Å². The number of carboxylic acids is 1. The molecule has 1 aromatic rings. The van der Waals surface area contributed by atoms with E-state index in [1.165, 1.54) is 11.8 Å². The van der Waals surface area contributed by atoms with Crippen molar-refractivity contribution < 1.29 is 19.5 Å². The molecule has 1 aliphatic carbocycles. The van der Waals surface area contributed by atoms with E-state index < -0.39 is 23.2 Å². The van der Waals surface area contributed by atoms with Crippen LogP contribution in [0.15, 0.2) is 29.3 Å². The van der Waals surface area contributed by atoms with Crippen molar-refractivity contribution in [3.63, 3.8) is 0 Å². The van der Waals surface area contributed by atoms with Crippen LogP contribution in [0, 0.1) is 17.3 Å². The fraction of sp³-hybridized carbons (Fsp3) is 0.412. The number of nitrogens with one attached hydrogen (secondary N) is 2. The number of thioether (sulfide) groups is 1. The molecule has 1 fully saturated rings. The molecule has 2 amide bonds. The maximum absolute atomic E-state index is 12.4. The molecule has 3 N–H and O–H groups in total. The fourth-order valence-corrected chi connectivity index (χ4v) is 3.85. The molecule has 0 aromatic heterocycles. The topological polar surface area (TPSA) is 108 Å². The number of hydrogen-bond donors (Lipinski definition) is 3. The van der Waals surface area contributed by atoms with Gasteiger partial charge in [-0.2, -0.15) is 0 Å². The summed E-state index contributed by atoms with van der Waals surface area (Å²) in [5.41, 5.74) is 0.297. The number of carbonyl (C=O) groups excluding carboxylic acids is 2. The normalized spacial score (nSPS) is 23.5. The molecule has 8 heteroatoms. The first kappa shape index (κ1) is 17.5. The third-order valence-corrected chi connectivity index (χ3v) is 5.47. The predicted molar refractivity (Wildman–Crippen MR) is 95.7 cm³/mol. The zero-order valence-electron chi connectivity index (χ0n) is 13.9. The molecule has 0 spiro atoms. The largest absolute Gasteiger partial charge is 0.481 e. The molecule has 1 aromatic carbocycles. The minimum Gasteiger partial charge on any atom is -0.481 e. The van der Waals surface area contributed by atoms with E-state index in [2.05, 4.69) is 15.6 Å². The van der Waals surface area contributed by atoms with Crippen molar-refractivity contribution in [1.82, 2.24) is 5.32 Å². The van der Waals surface area contributed by atoms with Crippen LogP contribution in [0.1, 0.15) is 24.2 Å². The number of aliphatic carboxylic acids is 1. The van der Waals surface area contributed by atoms with Gasteiger partial charge in [0.2, 0.25) is 5.91 Å². The lowest BCUT2D eigenvalue weighted by molar-refractivity contribution is -0.140. The predicted octanol–water partition coefficient (Wildman–Crippen LogP) is 1.81. The van der Waals surface area contributed by atoms with Crippen molar-refractivity contribution in [2.75, 3.05) is 17.6 Å². The van der Waals surface area contributed by atoms with Gasteiger partial charge in [-0.3, -0.25) is 19.4 Å². The van der Waals surface area contributed by atoms with Gasteiger partial charge in [-0.15, -0.1) is 0 Å². The van der Waals surface area contributed by atoms with Gasteiger partial charge in [-0.25, -0.2) is 0 Å². The Hall–Kier alpha value is -2.35. The maximum atomic E-state index is 12.4. The minimum atomic E-state index is -0.965. The van der Waals surface area contributed by atoms with Gasteiger partial charge in [0.25, 0.3) is 5.91 Å². The van der Waals surface area contributed by atoms with Crippen LogP contribution in [0.25, 0.3) is 0 Å². The molecule has 2 aliphatic rings. The number of amidine groups is 1. The molecule has 0 bridgehead atoms. The van der Waals surface area contributed by atoms with E-state index in [0.717, 1.165) is 5.75 Å². The molecule has 1 aliphatic heterocycles. The van der Waals surface area contributed by atoms with Gasteiger partial charge < -0.3 is 15.7 Å². The summed E-state index contributed by atoms with van der Waals surface area (Å²) in [5, 5.41) is 15.2. The number of carbonyl (C=O) groups is 3. The van der Waals surface area contributed by atoms with E-state index in [1.54, 1.807) is 38.1 Å². The van der Waals surface area contributed by atoms with Crippen LogP contribution in [0.4, 0.5) is 5.69 Å². The van der Waals surface area contributed by atoms with Gasteiger partial charge in [-0.05, 0) is 23.6 Å². The number of anilines is 1. The Kier molecular flexibility index (Phi) is 4.55. The first-order valence-corrected chi connectivity index (χ1v) is 8.91. The van der Waals surface area contributed by atoms with Gasteiger partial charge >= 0.3 is 5.97 Å². The first-order valence-electron chi connectivity index (χ1n) is 7.93. The Morgan fingerprint density at radius 2 is 2.00 bits per heavy atom. The van der Waals surface area contributed by atoms with Gasteiger partial charge in [0.15, 0.2) is 5.17 Å². The lowest BCUT2D eigenvalue weighted by atomic mass is 10.1. The molecule has 1 saturated carbocycles. The standard InChI is InChI=1S/C17H19N3O4S/c1-17(2)11(12(17)15(23)24)14(22)19-10-5-3-4-9(8-10)13(21)20-16-18-6-7-25-16/h3-5,8,11-12H,6-7H2,1-2H3,(H,19,22)(H,23,24)(H,18,20,21). The van der Waals surface area contributed by atoms with E-state index in [9.17, 15) is 19.5 Å². The third kappa shape index (κ3) is 3.53. The Balaban J connectivity index is 1.67. The van der Waals surface area contributed by atoms with E-state index in [-0.39, 0.29) is 11.8 Å². The molecular weight excluding hydrogens is 342 g/mol. The highest BCUT2D eigenvalue weighted by Gasteiger charge is 2.65. The summed E-state index contributed by atoms with van der Waals surface area (Å²) < 4.78 is 0. The second-order valence-electron chi connectivity index (χ2n) is 6.67. The van der Waals surface area contributed by atoms with Crippen molar-refractivity contribution in [1.29, 1.82) is 0 Å². The number of benzene rings is 1. The summed E-state index contributed by atoms with van der Waals surface area (Å²) >= 11 is 1.49. The minimum absolute atomic E-state index is 0.292. The fourth-order valence-electron chi connectivity index (χ4n) is 3.13. The lowest BCUT2D eigenvalue weighted by Crippen LogP contribution is -2.27. The second kappa shape index (κ2) is 6.51. The van der Waals surface area contributed by atoms with E-state index in [4.69, 9.17) is 0 Å². The average molecular weight is 361 g/mol. The average Bonchev–Trinajstić information content (AvgIpc) is 2.88. The SMILES string of the molecule is CC1(C)C(C(=O)O)C1C(=O)Nc1cccc(C(=O)NC2=NCCS2)c1. The Bertz CT molecular complexity index is 775. The van der Waals surface area contributed by atoms with Crippen LogP contribution in [-0.2, 0) is 9.59 Å². The monoisotopic (exact) mass is 361 g/mol. The van der Waals surface area contributed by atoms with Crippen LogP contribution < -0.4 is 10.6 Å². The van der Waals surface area contributed by atoms with E-state index in [1.807, 2.05) is 0 Å². The summed E-state index contributed by atoms with van der Waals surface area (Å²) in [7, 11) is 0. The molecule has 0 saturated heterocycles. The highest BCUT2D eigenvalue weighted by atomic mass is 32.2. The molecule has 3 rings (SSSR count). The number of hydrogen-bond acceptors (Lipinski definition) is 5. The molecule has 132 valence electrons. The number of amides is 2. The van der Waals surface area contributed by atoms with Crippen LogP contribution in [0.3, 0.4) is 0 Å². The number of aliphatic imine (C=N–C) groups is 1. The van der Waals surface area contributed by atoms with Crippen molar-refractivity contribution >= 4 is 40.4 Å². The van der Waals surface area contributed by atoms with Crippen molar-refractivity contribution in [3.05, 3.63) is 29.8 Å². The zero-order chi connectivity index (χ0) is 18.2. The van der Waals surface area contributed by atoms with Gasteiger partial charge in [0.05, 0.1) is 18.4 Å². The molecule has 25 heavy (non-hydrogen) atoms. The number of carboxylic acid groups (broad SMARTS) is 1. The maximum Gasteiger partial charge on any atom is 0.307 e. The van der Waals surface area contributed by atoms with E-state index in [0.29, 0.717) is 23.0 Å². The highest BCUT2D eigenvalue weighted by molar-refractivity contribution is 8.14. The Morgan fingerprint density at radius 3 is 2.60 bits per heavy atom. The smallest absolute Gasteiger partial charge is 0.307 e. The van der Waals surface area contributed by atoms with Crippen molar-refractivity contribution in [2.45, 2.75) is 13.8 Å². The molecule has 1 heterocycles. The highest BCUT2D eigenvalue weighted by Crippen LogP contribution is 2.58. The van der Waals surface area contributed by atoms with Gasteiger partial charge in [0, 0.05) is 17.0 Å². The second-order valence-corrected chi connectivity index (χ2v) is 7.76. The molecule has 0 radical (unpaired) electrons.